The van der Waals surface area contributed by atoms with Gasteiger partial charge in [-0.25, -0.2) is 4.79 Å². The summed E-state index contributed by atoms with van der Waals surface area (Å²) in [4.78, 5) is 22.7. The number of rotatable bonds is 9. The van der Waals surface area contributed by atoms with Gasteiger partial charge in [0, 0.05) is 19.0 Å². The lowest BCUT2D eigenvalue weighted by atomic mass is 10.1. The molecule has 0 spiro atoms. The fraction of sp³-hybridized carbons (Fsp3) is 0.500. The molecule has 1 unspecified atom stereocenters. The molecule has 0 aliphatic heterocycles. The van der Waals surface area contributed by atoms with Crippen molar-refractivity contribution in [1.29, 1.82) is 0 Å². The number of hydrogen-bond acceptors (Lipinski definition) is 5. The lowest BCUT2D eigenvalue weighted by Crippen LogP contribution is -2.34. The number of carbonyl (C=O) groups excluding carboxylic acids is 2. The van der Waals surface area contributed by atoms with Gasteiger partial charge in [0.05, 0.1) is 6.61 Å². The second-order valence-electron chi connectivity index (χ2n) is 4.92. The van der Waals surface area contributed by atoms with E-state index in [1.807, 2.05) is 12.1 Å². The van der Waals surface area contributed by atoms with Crippen LogP contribution in [0.1, 0.15) is 19.4 Å². The molecule has 1 rings (SSSR count). The minimum Gasteiger partial charge on any atom is -0.482 e. The van der Waals surface area contributed by atoms with Gasteiger partial charge >= 0.3 is 5.97 Å². The van der Waals surface area contributed by atoms with E-state index >= 15 is 0 Å². The van der Waals surface area contributed by atoms with E-state index in [1.165, 1.54) is 0 Å². The number of halogens is 1. The Kier molecular flexibility index (Phi) is 10.8. The van der Waals surface area contributed by atoms with Crippen LogP contribution in [0.15, 0.2) is 24.3 Å². The Balaban J connectivity index is 0.00000484. The summed E-state index contributed by atoms with van der Waals surface area (Å²) >= 11 is 0. The monoisotopic (exact) mass is 344 g/mol. The van der Waals surface area contributed by atoms with Gasteiger partial charge in [0.15, 0.2) is 6.61 Å². The predicted octanol–water partition coefficient (Wildman–Crippen LogP) is 1.30. The number of nitrogens with two attached hydrogens (primary N) is 1. The first-order valence-electron chi connectivity index (χ1n) is 7.42. The fourth-order valence-electron chi connectivity index (χ4n) is 1.71. The van der Waals surface area contributed by atoms with Crippen molar-refractivity contribution in [2.45, 2.75) is 20.3 Å². The highest BCUT2D eigenvalue weighted by Crippen LogP contribution is 2.12. The Morgan fingerprint density at radius 2 is 1.91 bits per heavy atom. The van der Waals surface area contributed by atoms with Crippen molar-refractivity contribution < 1.29 is 19.1 Å². The maximum atomic E-state index is 11.6. The normalized spacial score (nSPS) is 11.1. The van der Waals surface area contributed by atoms with Crippen LogP contribution in [0, 0.1) is 5.92 Å². The van der Waals surface area contributed by atoms with Gasteiger partial charge in [0.1, 0.15) is 5.75 Å². The molecule has 0 saturated heterocycles. The average Bonchev–Trinajstić information content (AvgIpc) is 2.53. The third-order valence-electron chi connectivity index (χ3n) is 3.10. The molecule has 0 radical (unpaired) electrons. The molecule has 0 bridgehead atoms. The van der Waals surface area contributed by atoms with Crippen LogP contribution in [-0.2, 0) is 20.7 Å². The summed E-state index contributed by atoms with van der Waals surface area (Å²) in [7, 11) is 0. The number of amides is 1. The number of carbonyl (C=O) groups is 2. The van der Waals surface area contributed by atoms with Crippen LogP contribution in [0.3, 0.4) is 0 Å². The maximum Gasteiger partial charge on any atom is 0.344 e. The Labute approximate surface area is 143 Å². The van der Waals surface area contributed by atoms with Crippen molar-refractivity contribution in [3.05, 3.63) is 29.8 Å². The molecule has 0 saturated carbocycles. The summed E-state index contributed by atoms with van der Waals surface area (Å²) in [6.07, 6.45) is 0.723. The standard InChI is InChI=1S/C16H24N2O4.ClH/c1-3-21-15(19)11-22-14-6-4-13(5-7-14)8-9-18-16(20)12(2)10-17;/h4-7,12H,3,8-11,17H2,1-2H3,(H,18,20);1H. The minimum absolute atomic E-state index is 0. The van der Waals surface area contributed by atoms with Crippen LogP contribution >= 0.6 is 12.4 Å². The van der Waals surface area contributed by atoms with Crippen molar-refractivity contribution >= 4 is 24.3 Å². The summed E-state index contributed by atoms with van der Waals surface area (Å²) in [5, 5.41) is 2.84. The summed E-state index contributed by atoms with van der Waals surface area (Å²) in [5.41, 5.74) is 6.51. The van der Waals surface area contributed by atoms with Crippen molar-refractivity contribution in [2.75, 3.05) is 26.3 Å². The summed E-state index contributed by atoms with van der Waals surface area (Å²) in [6, 6.07) is 7.38. The van der Waals surface area contributed by atoms with E-state index in [9.17, 15) is 9.59 Å². The molecule has 0 heterocycles. The van der Waals surface area contributed by atoms with Gasteiger partial charge in [-0.05, 0) is 31.0 Å². The molecule has 1 aromatic rings. The molecule has 3 N–H and O–H groups in total. The van der Waals surface area contributed by atoms with E-state index < -0.39 is 0 Å². The van der Waals surface area contributed by atoms with Crippen molar-refractivity contribution in [1.82, 2.24) is 5.32 Å². The molecule has 0 aromatic heterocycles. The third-order valence-corrected chi connectivity index (χ3v) is 3.10. The molecule has 23 heavy (non-hydrogen) atoms. The zero-order valence-corrected chi connectivity index (χ0v) is 14.4. The number of ether oxygens (including phenoxy) is 2. The fourth-order valence-corrected chi connectivity index (χ4v) is 1.71. The summed E-state index contributed by atoms with van der Waals surface area (Å²) < 4.78 is 10.1. The number of benzene rings is 1. The van der Waals surface area contributed by atoms with Crippen LogP contribution in [0.2, 0.25) is 0 Å². The maximum absolute atomic E-state index is 11.6. The van der Waals surface area contributed by atoms with Gasteiger partial charge in [-0.1, -0.05) is 19.1 Å². The van der Waals surface area contributed by atoms with Gasteiger partial charge in [-0.3, -0.25) is 4.79 Å². The SMILES string of the molecule is CCOC(=O)COc1ccc(CCNC(=O)C(C)CN)cc1.Cl. The molecule has 0 aliphatic rings. The number of esters is 1. The lowest BCUT2D eigenvalue weighted by molar-refractivity contribution is -0.145. The molecule has 6 nitrogen and oxygen atoms in total. The Hall–Kier alpha value is -1.79. The molecule has 1 aromatic carbocycles. The third kappa shape index (κ3) is 8.42. The molecule has 1 atom stereocenters. The minimum atomic E-state index is -0.386. The van der Waals surface area contributed by atoms with E-state index in [0.717, 1.165) is 12.0 Å². The van der Waals surface area contributed by atoms with E-state index in [2.05, 4.69) is 5.32 Å². The first-order valence-corrected chi connectivity index (χ1v) is 7.42. The van der Waals surface area contributed by atoms with Crippen molar-refractivity contribution in [2.24, 2.45) is 11.7 Å². The second kappa shape index (κ2) is 11.7. The molecule has 7 heteroatoms. The molecule has 1 amide bonds. The quantitative estimate of drug-likeness (QED) is 0.659. The van der Waals surface area contributed by atoms with Gasteiger partial charge in [0.25, 0.3) is 0 Å². The highest BCUT2D eigenvalue weighted by atomic mass is 35.5. The topological polar surface area (TPSA) is 90.6 Å². The Bertz CT molecular complexity index is 479. The first kappa shape index (κ1) is 21.2. The lowest BCUT2D eigenvalue weighted by Gasteiger charge is -2.10. The zero-order valence-electron chi connectivity index (χ0n) is 13.5. The van der Waals surface area contributed by atoms with E-state index in [4.69, 9.17) is 15.2 Å². The van der Waals surface area contributed by atoms with Gasteiger partial charge in [0.2, 0.25) is 5.91 Å². The zero-order chi connectivity index (χ0) is 16.4. The first-order chi connectivity index (χ1) is 10.6. The van der Waals surface area contributed by atoms with Gasteiger partial charge in [-0.15, -0.1) is 12.4 Å². The van der Waals surface area contributed by atoms with E-state index in [0.29, 0.717) is 25.4 Å². The van der Waals surface area contributed by atoms with Crippen LogP contribution in [-0.4, -0.2) is 38.2 Å². The highest BCUT2D eigenvalue weighted by Gasteiger charge is 2.09. The molecule has 0 aliphatic carbocycles. The second-order valence-corrected chi connectivity index (χ2v) is 4.92. The summed E-state index contributed by atoms with van der Waals surface area (Å²) in [6.45, 7) is 4.70. The molecular formula is C16H25ClN2O4. The predicted molar refractivity (Wildman–Crippen MR) is 90.8 cm³/mol. The molecule has 0 fully saturated rings. The Morgan fingerprint density at radius 1 is 1.26 bits per heavy atom. The molecule has 130 valence electrons. The van der Waals surface area contributed by atoms with Gasteiger partial charge < -0.3 is 20.5 Å². The van der Waals surface area contributed by atoms with Gasteiger partial charge in [-0.2, -0.15) is 0 Å². The van der Waals surface area contributed by atoms with E-state index in [-0.39, 0.29) is 36.8 Å². The van der Waals surface area contributed by atoms with Crippen LogP contribution < -0.4 is 15.8 Å². The molecular weight excluding hydrogens is 320 g/mol. The largest absolute Gasteiger partial charge is 0.482 e. The number of hydrogen-bond donors (Lipinski definition) is 2. The van der Waals surface area contributed by atoms with Crippen molar-refractivity contribution in [3.63, 3.8) is 0 Å². The smallest absolute Gasteiger partial charge is 0.344 e. The van der Waals surface area contributed by atoms with Crippen LogP contribution in [0.4, 0.5) is 0 Å². The van der Waals surface area contributed by atoms with E-state index in [1.54, 1.807) is 26.0 Å². The van der Waals surface area contributed by atoms with Crippen molar-refractivity contribution in [3.8, 4) is 5.75 Å². The summed E-state index contributed by atoms with van der Waals surface area (Å²) in [5.74, 6) is 0.0245. The Morgan fingerprint density at radius 3 is 2.48 bits per heavy atom. The van der Waals surface area contributed by atoms with Crippen LogP contribution in [0.25, 0.3) is 0 Å². The van der Waals surface area contributed by atoms with Crippen LogP contribution in [0.5, 0.6) is 5.75 Å². The highest BCUT2D eigenvalue weighted by molar-refractivity contribution is 5.85. The average molecular weight is 345 g/mol. The number of nitrogens with one attached hydrogen (secondary N) is 1.